The molecule has 3 aromatic rings. The van der Waals surface area contributed by atoms with Crippen LogP contribution < -0.4 is 26.5 Å². The molecule has 69 heavy (non-hydrogen) atoms. The summed E-state index contributed by atoms with van der Waals surface area (Å²) in [7, 11) is 0. The quantitative estimate of drug-likeness (QED) is 0.0187. The van der Waals surface area contributed by atoms with Crippen LogP contribution in [0.25, 0.3) is 0 Å². The Kier molecular flexibility index (Phi) is 15.2. The topological polar surface area (TPSA) is 329 Å². The molecule has 8 aliphatic heterocycles. The Labute approximate surface area is 389 Å². The van der Waals surface area contributed by atoms with E-state index in [-0.39, 0.29) is 106 Å². The lowest BCUT2D eigenvalue weighted by Crippen LogP contribution is -2.57. The molecule has 1 aromatic carbocycles. The molecule has 8 aliphatic rings. The number of esters is 2. The minimum absolute atomic E-state index is 0.0185. The molecule has 0 aliphatic carbocycles. The largest absolute Gasteiger partial charge is 0.466 e. The minimum Gasteiger partial charge on any atom is -0.466 e. The zero-order chi connectivity index (χ0) is 48.7. The summed E-state index contributed by atoms with van der Waals surface area (Å²) in [4.78, 5) is 92.9. The van der Waals surface area contributed by atoms with Crippen molar-refractivity contribution in [3.63, 3.8) is 0 Å². The number of ether oxygens (including phenoxy) is 14. The standard InChI is InChI=1S/C18H18O9.C12H15N3O6.C11H13N3O5.CH2O/c19-10-22-8-18(9-27-18)13-2-11(16(20)25-6-14-4-23-14)1-12(3-13)17(21)26-7-15-5-24-15;1-12(6-21-12)15-10(17)13(2-7-4-19-7)9(16)14(11(15)18)3-8-5-20-8;1-2-15-6-19-11-13-9(8-5-17-8)12-10(14-11)18-4-7-3-16-7;1-2/h1-3,10,14-15H,4-9H2;7-8H,2-6H2,1H3;2,7-8H,1,3-6H2;1H2. The first kappa shape index (κ1) is 49.0. The molecule has 0 N–H and O–H groups in total. The van der Waals surface area contributed by atoms with Gasteiger partial charge in [-0.05, 0) is 30.7 Å². The van der Waals surface area contributed by atoms with Gasteiger partial charge in [-0.3, -0.25) is 4.79 Å². The Bertz CT molecular complexity index is 2440. The number of hydrogen-bond donors (Lipinski definition) is 0. The van der Waals surface area contributed by atoms with Gasteiger partial charge in [0.1, 0.15) is 57.6 Å². The smallest absolute Gasteiger partial charge is 0.338 e. The summed E-state index contributed by atoms with van der Waals surface area (Å²) >= 11 is 0. The van der Waals surface area contributed by atoms with Crippen molar-refractivity contribution in [2.24, 2.45) is 0 Å². The van der Waals surface area contributed by atoms with Gasteiger partial charge >= 0.3 is 41.0 Å². The molecule has 0 amide bonds. The van der Waals surface area contributed by atoms with Gasteiger partial charge in [0.2, 0.25) is 6.79 Å². The summed E-state index contributed by atoms with van der Waals surface area (Å²) < 4.78 is 74.8. The predicted octanol–water partition coefficient (Wildman–Crippen LogP) is -2.10. The van der Waals surface area contributed by atoms with Crippen LogP contribution in [0, 0.1) is 0 Å². The molecular weight excluding hydrogens is 924 g/mol. The van der Waals surface area contributed by atoms with Crippen molar-refractivity contribution in [3.05, 3.63) is 85.0 Å². The van der Waals surface area contributed by atoms with Gasteiger partial charge in [-0.15, -0.1) is 4.98 Å². The van der Waals surface area contributed by atoms with Crippen molar-refractivity contribution in [3.8, 4) is 12.0 Å². The number of aromatic nitrogens is 6. The van der Waals surface area contributed by atoms with Crippen LogP contribution in [-0.2, 0) is 90.8 Å². The fraction of sp³-hybridized carbons (Fsp3) is 0.571. The van der Waals surface area contributed by atoms with E-state index in [1.165, 1.54) is 12.3 Å². The van der Waals surface area contributed by atoms with E-state index in [9.17, 15) is 28.8 Å². The molecule has 0 radical (unpaired) electrons. The third-order valence-corrected chi connectivity index (χ3v) is 10.7. The second-order valence-corrected chi connectivity index (χ2v) is 16.3. The lowest BCUT2D eigenvalue weighted by molar-refractivity contribution is -0.130. The van der Waals surface area contributed by atoms with Crippen molar-refractivity contribution < 1.29 is 85.5 Å². The molecule has 0 spiro atoms. The Morgan fingerprint density at radius 1 is 0.696 bits per heavy atom. The van der Waals surface area contributed by atoms with Crippen molar-refractivity contribution in [1.82, 2.24) is 28.7 Å². The van der Waals surface area contributed by atoms with Crippen LogP contribution >= 0.6 is 0 Å². The van der Waals surface area contributed by atoms with Crippen molar-refractivity contribution in [1.29, 1.82) is 0 Å². The molecular formula is C42H48N6O21. The number of carbonyl (C=O) groups is 4. The molecule has 8 unspecified atom stereocenters. The molecule has 8 fully saturated rings. The molecule has 11 rings (SSSR count). The number of benzene rings is 1. The zero-order valence-corrected chi connectivity index (χ0v) is 37.1. The first-order valence-electron chi connectivity index (χ1n) is 21.5. The van der Waals surface area contributed by atoms with Gasteiger partial charge in [-0.1, -0.05) is 6.58 Å². The molecule has 27 nitrogen and oxygen atoms in total. The normalized spacial score (nSPS) is 27.3. The second kappa shape index (κ2) is 21.5. The van der Waals surface area contributed by atoms with E-state index in [1.54, 1.807) is 19.1 Å². The van der Waals surface area contributed by atoms with Crippen LogP contribution in [0.5, 0.6) is 12.0 Å². The lowest BCUT2D eigenvalue weighted by Gasteiger charge is -2.15. The lowest BCUT2D eigenvalue weighted by atomic mass is 9.96. The Morgan fingerprint density at radius 3 is 1.62 bits per heavy atom. The van der Waals surface area contributed by atoms with Crippen LogP contribution in [-0.4, -0.2) is 170 Å². The van der Waals surface area contributed by atoms with Gasteiger partial charge < -0.3 is 71.1 Å². The average Bonchev–Trinajstić information content (AvgIpc) is 4.14. The summed E-state index contributed by atoms with van der Waals surface area (Å²) in [6, 6.07) is 4.88. The summed E-state index contributed by atoms with van der Waals surface area (Å²) in [6.07, 6.45) is 0.878. The number of epoxide rings is 8. The van der Waals surface area contributed by atoms with Crippen LogP contribution in [0.3, 0.4) is 0 Å². The van der Waals surface area contributed by atoms with Gasteiger partial charge in [-0.25, -0.2) is 37.7 Å². The highest BCUT2D eigenvalue weighted by Gasteiger charge is 2.49. The maximum absolute atomic E-state index is 12.5. The van der Waals surface area contributed by atoms with E-state index < -0.39 is 40.3 Å². The first-order chi connectivity index (χ1) is 33.4. The fourth-order valence-corrected chi connectivity index (χ4v) is 6.17. The maximum atomic E-state index is 12.5. The average molecular weight is 973 g/mol. The Hall–Kier alpha value is -6.46. The van der Waals surface area contributed by atoms with E-state index in [1.807, 2.05) is 6.79 Å². The number of hydrogen-bond acceptors (Lipinski definition) is 24. The molecule has 0 saturated carbocycles. The van der Waals surface area contributed by atoms with Crippen LogP contribution in [0.15, 0.2) is 45.4 Å². The van der Waals surface area contributed by atoms with E-state index >= 15 is 0 Å². The number of carbonyl (C=O) groups excluding carboxylic acids is 4. The molecule has 10 heterocycles. The van der Waals surface area contributed by atoms with Crippen molar-refractivity contribution >= 4 is 25.2 Å². The van der Waals surface area contributed by atoms with E-state index in [0.717, 1.165) is 13.7 Å². The molecule has 8 saturated heterocycles. The van der Waals surface area contributed by atoms with Crippen LogP contribution in [0.2, 0.25) is 0 Å². The van der Waals surface area contributed by atoms with Crippen LogP contribution in [0.1, 0.15) is 45.1 Å². The predicted molar refractivity (Wildman–Crippen MR) is 222 cm³/mol. The highest BCUT2D eigenvalue weighted by Crippen LogP contribution is 2.40. The van der Waals surface area contributed by atoms with E-state index in [4.69, 9.17) is 71.1 Å². The fourth-order valence-electron chi connectivity index (χ4n) is 6.17. The molecule has 0 bridgehead atoms. The molecule has 2 aromatic heterocycles. The zero-order valence-electron chi connectivity index (χ0n) is 37.1. The third kappa shape index (κ3) is 13.6. The first-order valence-corrected chi connectivity index (χ1v) is 21.5. The monoisotopic (exact) mass is 972 g/mol. The SMILES string of the molecule is C=COCOc1nc(OCC2CO2)nc(C2CO2)n1.C=O.CC1(n2c(=O)n(CC3CO3)c(=O)n(CC3CO3)c2=O)CO1.O=COCC1(c2cc(C(=O)OCC3CO3)cc(C(=O)OCC3CO3)c2)CO1. The third-order valence-electron chi connectivity index (χ3n) is 10.7. The second-order valence-electron chi connectivity index (χ2n) is 16.3. The van der Waals surface area contributed by atoms with Crippen molar-refractivity contribution in [2.45, 2.75) is 68.0 Å². The van der Waals surface area contributed by atoms with Gasteiger partial charge in [-0.2, -0.15) is 9.97 Å². The molecule has 8 atom stereocenters. The summed E-state index contributed by atoms with van der Waals surface area (Å²) in [5, 5.41) is 0. The van der Waals surface area contributed by atoms with Gasteiger partial charge in [0.05, 0.1) is 95.5 Å². The summed E-state index contributed by atoms with van der Waals surface area (Å²) in [5.41, 5.74) is -2.83. The Balaban J connectivity index is 0.000000139. The summed E-state index contributed by atoms with van der Waals surface area (Å²) in [5.74, 6) is -0.673. The number of rotatable bonds is 23. The molecule has 27 heteroatoms. The molecule has 372 valence electrons. The highest BCUT2D eigenvalue weighted by atomic mass is 16.7. The minimum atomic E-state index is -0.958. The highest BCUT2D eigenvalue weighted by molar-refractivity contribution is 5.96. The number of nitrogens with zero attached hydrogens (tertiary/aromatic N) is 6. The van der Waals surface area contributed by atoms with Gasteiger partial charge in [0.15, 0.2) is 17.2 Å². The van der Waals surface area contributed by atoms with E-state index in [2.05, 4.69) is 21.5 Å². The maximum Gasteiger partial charge on any atom is 0.338 e. The van der Waals surface area contributed by atoms with Crippen molar-refractivity contribution in [2.75, 3.05) is 86.1 Å². The summed E-state index contributed by atoms with van der Waals surface area (Å²) in [6.45, 7) is 12.4. The van der Waals surface area contributed by atoms with Crippen LogP contribution in [0.4, 0.5) is 0 Å². The van der Waals surface area contributed by atoms with Gasteiger partial charge in [0.25, 0.3) is 6.47 Å². The van der Waals surface area contributed by atoms with E-state index in [0.29, 0.717) is 70.7 Å². The Morgan fingerprint density at radius 2 is 1.19 bits per heavy atom. The van der Waals surface area contributed by atoms with Gasteiger partial charge in [0, 0.05) is 0 Å².